The summed E-state index contributed by atoms with van der Waals surface area (Å²) >= 11 is 0. The highest BCUT2D eigenvalue weighted by Gasteiger charge is 2.39. The van der Waals surface area contributed by atoms with Gasteiger partial charge in [-0.15, -0.1) is 0 Å². The zero-order chi connectivity index (χ0) is 29.7. The van der Waals surface area contributed by atoms with Gasteiger partial charge in [-0.25, -0.2) is 9.29 Å². The lowest BCUT2D eigenvalue weighted by Crippen LogP contribution is -2.48. The normalized spacial score (nSPS) is 16.6. The summed E-state index contributed by atoms with van der Waals surface area (Å²) in [4.78, 5) is 43.4. The molecule has 0 spiro atoms. The minimum Gasteiger partial charge on any atom is -0.496 e. The van der Waals surface area contributed by atoms with Gasteiger partial charge in [0.15, 0.2) is 0 Å². The van der Waals surface area contributed by atoms with Gasteiger partial charge in [-0.05, 0) is 63.1 Å². The number of methoxy groups -OCH3 is 1. The molecule has 7 nitrogen and oxygen atoms in total. The average molecular weight is 576 g/mol. The molecule has 2 aliphatic rings. The molecule has 0 aliphatic carbocycles. The van der Waals surface area contributed by atoms with Crippen molar-refractivity contribution in [1.82, 2.24) is 9.80 Å². The monoisotopic (exact) mass is 575 g/mol. The van der Waals surface area contributed by atoms with Crippen molar-refractivity contribution < 1.29 is 36.7 Å². The van der Waals surface area contributed by atoms with E-state index in [1.165, 1.54) is 6.92 Å². The number of carbonyl (C=O) groups excluding carboxylic acids is 3. The van der Waals surface area contributed by atoms with Gasteiger partial charge in [0.25, 0.3) is 17.7 Å². The smallest absolute Gasteiger partial charge is 0.419 e. The number of rotatable bonds is 10. The second-order valence-electron chi connectivity index (χ2n) is 10.2. The van der Waals surface area contributed by atoms with Crippen LogP contribution >= 0.6 is 0 Å². The van der Waals surface area contributed by atoms with Crippen LogP contribution in [0.1, 0.15) is 54.9 Å². The Morgan fingerprint density at radius 2 is 1.61 bits per heavy atom. The van der Waals surface area contributed by atoms with Crippen LogP contribution in [0.2, 0.25) is 0 Å². The second kappa shape index (κ2) is 12.8. The number of para-hydroxylation sites is 1. The van der Waals surface area contributed by atoms with Gasteiger partial charge in [0.05, 0.1) is 23.9 Å². The van der Waals surface area contributed by atoms with Gasteiger partial charge in [0, 0.05) is 37.3 Å². The summed E-state index contributed by atoms with van der Waals surface area (Å²) < 4.78 is 58.0. The third-order valence-electron chi connectivity index (χ3n) is 7.60. The third kappa shape index (κ3) is 6.78. The highest BCUT2D eigenvalue weighted by molar-refractivity contribution is 6.32. The number of halogens is 4. The van der Waals surface area contributed by atoms with Crippen LogP contribution in [0.15, 0.2) is 53.6 Å². The number of carbonyl (C=O) groups is 3. The lowest BCUT2D eigenvalue weighted by atomic mass is 10.0. The quantitative estimate of drug-likeness (QED) is 0.214. The molecule has 0 aromatic heterocycles. The van der Waals surface area contributed by atoms with Crippen molar-refractivity contribution in [2.24, 2.45) is 0 Å². The predicted octanol–water partition coefficient (Wildman–Crippen LogP) is 5.45. The van der Waals surface area contributed by atoms with Gasteiger partial charge in [-0.3, -0.25) is 19.3 Å². The summed E-state index contributed by atoms with van der Waals surface area (Å²) in [5.41, 5.74) is -0.564. The van der Waals surface area contributed by atoms with E-state index in [-0.39, 0.29) is 17.2 Å². The molecule has 2 aromatic carbocycles. The summed E-state index contributed by atoms with van der Waals surface area (Å²) in [6.45, 7) is 5.24. The zero-order valence-electron chi connectivity index (χ0n) is 23.1. The summed E-state index contributed by atoms with van der Waals surface area (Å²) in [7, 11) is 1.55. The van der Waals surface area contributed by atoms with Crippen LogP contribution in [0.25, 0.3) is 0 Å². The summed E-state index contributed by atoms with van der Waals surface area (Å²) in [5, 5.41) is 0. The SMILES string of the molecule is COc1ccccc1C(=O)N1CCN(CCCCCCC2=C(C)C(=O)N(c3ccc(C(F)(F)F)c(F)c3)C2=O)CC1. The van der Waals surface area contributed by atoms with Crippen molar-refractivity contribution in [2.45, 2.75) is 45.2 Å². The average Bonchev–Trinajstić information content (AvgIpc) is 3.16. The summed E-state index contributed by atoms with van der Waals surface area (Å²) in [5.74, 6) is -2.27. The van der Waals surface area contributed by atoms with Crippen molar-refractivity contribution in [3.05, 3.63) is 70.6 Å². The van der Waals surface area contributed by atoms with Crippen LogP contribution < -0.4 is 9.64 Å². The maximum atomic E-state index is 14.0. The Balaban J connectivity index is 1.19. The molecule has 0 N–H and O–H groups in total. The van der Waals surface area contributed by atoms with Crippen LogP contribution in [0.5, 0.6) is 5.75 Å². The van der Waals surface area contributed by atoms with E-state index >= 15 is 0 Å². The summed E-state index contributed by atoms with van der Waals surface area (Å²) in [6.07, 6.45) is -1.14. The number of nitrogens with zero attached hydrogens (tertiary/aromatic N) is 3. The first-order chi connectivity index (χ1) is 19.5. The van der Waals surface area contributed by atoms with Crippen LogP contribution in [-0.4, -0.2) is 67.4 Å². The zero-order valence-corrected chi connectivity index (χ0v) is 23.1. The number of amides is 3. The number of unbranched alkanes of at least 4 members (excludes halogenated alkanes) is 3. The number of hydrogen-bond donors (Lipinski definition) is 0. The largest absolute Gasteiger partial charge is 0.496 e. The van der Waals surface area contributed by atoms with Crippen LogP contribution in [0, 0.1) is 5.82 Å². The molecule has 4 rings (SSSR count). The number of hydrogen-bond acceptors (Lipinski definition) is 5. The standard InChI is InChI=1S/C30H33F4N3O4/c1-20-22(29(40)37(27(20)38)21-12-13-24(25(31)19-21)30(32,33)34)9-5-3-4-8-14-35-15-17-36(18-16-35)28(39)23-10-6-7-11-26(23)41-2/h6-7,10-13,19H,3-5,8-9,14-18H2,1-2H3. The number of piperazine rings is 1. The van der Waals surface area contributed by atoms with E-state index in [1.807, 2.05) is 17.0 Å². The van der Waals surface area contributed by atoms with Crippen molar-refractivity contribution in [1.29, 1.82) is 0 Å². The minimum absolute atomic E-state index is 0.0336. The van der Waals surface area contributed by atoms with Crippen molar-refractivity contribution >= 4 is 23.4 Å². The molecule has 220 valence electrons. The number of imide groups is 1. The van der Waals surface area contributed by atoms with Crippen LogP contribution in [0.3, 0.4) is 0 Å². The first kappa shape index (κ1) is 30.2. The molecular weight excluding hydrogens is 542 g/mol. The molecule has 0 radical (unpaired) electrons. The number of anilines is 1. The first-order valence-electron chi connectivity index (χ1n) is 13.6. The van der Waals surface area contributed by atoms with Crippen LogP contribution in [-0.2, 0) is 15.8 Å². The fourth-order valence-electron chi connectivity index (χ4n) is 5.24. The molecule has 2 aliphatic heterocycles. The molecule has 0 saturated carbocycles. The molecule has 0 unspecified atom stereocenters. The Morgan fingerprint density at radius 1 is 0.927 bits per heavy atom. The second-order valence-corrected chi connectivity index (χ2v) is 10.2. The lowest BCUT2D eigenvalue weighted by molar-refractivity contribution is -0.140. The van der Waals surface area contributed by atoms with Gasteiger partial charge in [-0.2, -0.15) is 13.2 Å². The summed E-state index contributed by atoms with van der Waals surface area (Å²) in [6, 6.07) is 9.24. The van der Waals surface area contributed by atoms with Crippen LogP contribution in [0.4, 0.5) is 23.2 Å². The topological polar surface area (TPSA) is 70.2 Å². The van der Waals surface area contributed by atoms with Gasteiger partial charge < -0.3 is 9.64 Å². The Morgan fingerprint density at radius 3 is 2.27 bits per heavy atom. The van der Waals surface area contributed by atoms with E-state index in [4.69, 9.17) is 4.74 Å². The van der Waals surface area contributed by atoms with E-state index in [0.717, 1.165) is 49.9 Å². The minimum atomic E-state index is -4.87. The Kier molecular flexibility index (Phi) is 9.47. The number of ether oxygens (including phenoxy) is 1. The molecule has 41 heavy (non-hydrogen) atoms. The fourth-order valence-corrected chi connectivity index (χ4v) is 5.24. The van der Waals surface area contributed by atoms with Gasteiger partial charge in [-0.1, -0.05) is 25.0 Å². The van der Waals surface area contributed by atoms with Crippen molar-refractivity contribution in [3.8, 4) is 5.75 Å². The highest BCUT2D eigenvalue weighted by atomic mass is 19.4. The molecular formula is C30H33F4N3O4. The van der Waals surface area contributed by atoms with E-state index in [0.29, 0.717) is 54.9 Å². The van der Waals surface area contributed by atoms with E-state index in [2.05, 4.69) is 4.90 Å². The Hall–Kier alpha value is -3.73. The molecule has 2 aromatic rings. The molecule has 0 bridgehead atoms. The Labute approximate surface area is 236 Å². The lowest BCUT2D eigenvalue weighted by Gasteiger charge is -2.35. The maximum absolute atomic E-state index is 14.0. The Bertz CT molecular complexity index is 1330. The van der Waals surface area contributed by atoms with E-state index < -0.39 is 29.4 Å². The maximum Gasteiger partial charge on any atom is 0.419 e. The molecule has 0 atom stereocenters. The third-order valence-corrected chi connectivity index (χ3v) is 7.60. The highest BCUT2D eigenvalue weighted by Crippen LogP contribution is 2.35. The van der Waals surface area contributed by atoms with E-state index in [1.54, 1.807) is 19.2 Å². The molecule has 11 heteroatoms. The van der Waals surface area contributed by atoms with Gasteiger partial charge in [0.2, 0.25) is 0 Å². The number of alkyl halides is 3. The number of benzene rings is 2. The molecule has 2 heterocycles. The molecule has 1 saturated heterocycles. The van der Waals surface area contributed by atoms with E-state index in [9.17, 15) is 31.9 Å². The van der Waals surface area contributed by atoms with Gasteiger partial charge >= 0.3 is 6.18 Å². The van der Waals surface area contributed by atoms with Crippen molar-refractivity contribution in [3.63, 3.8) is 0 Å². The first-order valence-corrected chi connectivity index (χ1v) is 13.6. The molecule has 1 fully saturated rings. The van der Waals surface area contributed by atoms with Gasteiger partial charge in [0.1, 0.15) is 11.6 Å². The van der Waals surface area contributed by atoms with Crippen molar-refractivity contribution in [2.75, 3.05) is 44.7 Å². The predicted molar refractivity (Wildman–Crippen MR) is 145 cm³/mol. The molecule has 3 amide bonds. The fraction of sp³-hybridized carbons (Fsp3) is 0.433.